The molecule has 5 nitrogen and oxygen atoms in total. The van der Waals surface area contributed by atoms with Crippen molar-refractivity contribution in [1.29, 1.82) is 0 Å². The molecular formula is C12H15NO4S. The van der Waals surface area contributed by atoms with Gasteiger partial charge in [-0.15, -0.1) is 0 Å². The maximum Gasteiger partial charge on any atom is 0.274 e. The van der Waals surface area contributed by atoms with Crippen LogP contribution in [0.3, 0.4) is 0 Å². The molecule has 0 heterocycles. The molecule has 1 aromatic carbocycles. The van der Waals surface area contributed by atoms with Gasteiger partial charge in [-0.3, -0.25) is 9.35 Å². The number of hydrogen-bond donors (Lipinski definition) is 2. The van der Waals surface area contributed by atoms with Crippen LogP contribution in [-0.4, -0.2) is 18.9 Å². The van der Waals surface area contributed by atoms with Crippen LogP contribution in [0.2, 0.25) is 0 Å². The number of hydrogen-bond acceptors (Lipinski definition) is 3. The van der Waals surface area contributed by atoms with Crippen LogP contribution in [0, 0.1) is 0 Å². The SMILES string of the molecule is C=C(CC(C)(c1ccccc1)S(=O)(=O)O)C(N)=O. The fraction of sp³-hybridized carbons (Fsp3) is 0.250. The van der Waals surface area contributed by atoms with Gasteiger partial charge < -0.3 is 5.73 Å². The van der Waals surface area contributed by atoms with E-state index in [4.69, 9.17) is 5.73 Å². The van der Waals surface area contributed by atoms with Gasteiger partial charge in [-0.1, -0.05) is 36.9 Å². The van der Waals surface area contributed by atoms with E-state index >= 15 is 0 Å². The van der Waals surface area contributed by atoms with Crippen LogP contribution in [0.1, 0.15) is 18.9 Å². The molecule has 0 aliphatic heterocycles. The van der Waals surface area contributed by atoms with E-state index in [1.54, 1.807) is 30.3 Å². The minimum atomic E-state index is -4.41. The molecule has 1 unspecified atom stereocenters. The van der Waals surface area contributed by atoms with Gasteiger partial charge in [0.2, 0.25) is 5.91 Å². The minimum absolute atomic E-state index is 0.0565. The lowest BCUT2D eigenvalue weighted by atomic mass is 9.93. The first-order valence-corrected chi connectivity index (χ1v) is 6.62. The van der Waals surface area contributed by atoms with Crippen molar-refractivity contribution in [2.45, 2.75) is 18.1 Å². The van der Waals surface area contributed by atoms with Crippen molar-refractivity contribution >= 4 is 16.0 Å². The van der Waals surface area contributed by atoms with E-state index in [9.17, 15) is 17.8 Å². The van der Waals surface area contributed by atoms with E-state index in [0.717, 1.165) is 0 Å². The van der Waals surface area contributed by atoms with Crippen LogP contribution in [0.4, 0.5) is 0 Å². The molecule has 3 N–H and O–H groups in total. The molecule has 98 valence electrons. The predicted molar refractivity (Wildman–Crippen MR) is 68.3 cm³/mol. The van der Waals surface area contributed by atoms with Gasteiger partial charge >= 0.3 is 0 Å². The molecule has 6 heteroatoms. The molecule has 1 atom stereocenters. The second kappa shape index (κ2) is 4.91. The summed E-state index contributed by atoms with van der Waals surface area (Å²) in [6, 6.07) is 8.12. The Labute approximate surface area is 106 Å². The van der Waals surface area contributed by atoms with Crippen LogP contribution in [0.15, 0.2) is 42.5 Å². The van der Waals surface area contributed by atoms with Crippen molar-refractivity contribution in [1.82, 2.24) is 0 Å². The fourth-order valence-electron chi connectivity index (χ4n) is 1.63. The van der Waals surface area contributed by atoms with Crippen molar-refractivity contribution < 1.29 is 17.8 Å². The predicted octanol–water partition coefficient (Wildman–Crippen LogP) is 1.22. The van der Waals surface area contributed by atoms with Gasteiger partial charge in [-0.25, -0.2) is 0 Å². The molecule has 0 saturated heterocycles. The zero-order valence-electron chi connectivity index (χ0n) is 9.96. The van der Waals surface area contributed by atoms with Crippen molar-refractivity contribution in [3.63, 3.8) is 0 Å². The first-order valence-electron chi connectivity index (χ1n) is 5.18. The van der Waals surface area contributed by atoms with Crippen LogP contribution < -0.4 is 5.73 Å². The van der Waals surface area contributed by atoms with Gasteiger partial charge in [0, 0.05) is 12.0 Å². The first-order chi connectivity index (χ1) is 8.18. The zero-order chi connectivity index (χ0) is 14.0. The zero-order valence-corrected chi connectivity index (χ0v) is 10.8. The van der Waals surface area contributed by atoms with Crippen molar-refractivity contribution in [3.8, 4) is 0 Å². The Hall–Kier alpha value is -1.66. The number of benzene rings is 1. The van der Waals surface area contributed by atoms with Gasteiger partial charge in [0.15, 0.2) is 0 Å². The van der Waals surface area contributed by atoms with E-state index in [1.165, 1.54) is 6.92 Å². The van der Waals surface area contributed by atoms with E-state index in [0.29, 0.717) is 5.56 Å². The standard InChI is InChI=1S/C12H15NO4S/c1-9(11(13)14)8-12(2,18(15,16)17)10-6-4-3-5-7-10/h3-7H,1,8H2,2H3,(H2,13,14)(H,15,16,17). The Morgan fingerprint density at radius 2 is 1.89 bits per heavy atom. The first kappa shape index (κ1) is 14.4. The van der Waals surface area contributed by atoms with Crippen LogP contribution >= 0.6 is 0 Å². The molecule has 0 fully saturated rings. The van der Waals surface area contributed by atoms with E-state index < -0.39 is 20.8 Å². The Balaban J connectivity index is 3.30. The Bertz CT molecular complexity index is 565. The van der Waals surface area contributed by atoms with Crippen LogP contribution in [0.5, 0.6) is 0 Å². The summed E-state index contributed by atoms with van der Waals surface area (Å²) in [5.74, 6) is -0.791. The third-order valence-corrected chi connectivity index (χ3v) is 4.37. The number of primary amides is 1. The monoisotopic (exact) mass is 269 g/mol. The lowest BCUT2D eigenvalue weighted by Crippen LogP contribution is -2.34. The topological polar surface area (TPSA) is 97.5 Å². The highest BCUT2D eigenvalue weighted by atomic mass is 32.2. The van der Waals surface area contributed by atoms with E-state index in [2.05, 4.69) is 6.58 Å². The molecule has 0 radical (unpaired) electrons. The number of rotatable bonds is 5. The number of nitrogens with two attached hydrogens (primary N) is 1. The molecule has 1 aromatic rings. The summed E-state index contributed by atoms with van der Waals surface area (Å²) in [6.07, 6.45) is -0.259. The maximum atomic E-state index is 11.6. The van der Waals surface area contributed by atoms with Gasteiger partial charge in [-0.2, -0.15) is 8.42 Å². The smallest absolute Gasteiger partial charge is 0.274 e. The number of carbonyl (C=O) groups excluding carboxylic acids is 1. The van der Waals surface area contributed by atoms with Crippen LogP contribution in [-0.2, 0) is 19.7 Å². The lowest BCUT2D eigenvalue weighted by Gasteiger charge is -2.26. The van der Waals surface area contributed by atoms with Crippen molar-refractivity contribution in [3.05, 3.63) is 48.0 Å². The summed E-state index contributed by atoms with van der Waals surface area (Å²) in [4.78, 5) is 11.0. The summed E-state index contributed by atoms with van der Waals surface area (Å²) in [5.41, 5.74) is 5.36. The second-order valence-corrected chi connectivity index (χ2v) is 6.07. The molecule has 0 bridgehead atoms. The molecule has 18 heavy (non-hydrogen) atoms. The Morgan fingerprint density at radius 3 is 2.28 bits per heavy atom. The second-order valence-electron chi connectivity index (χ2n) is 4.22. The molecule has 0 saturated carbocycles. The average Bonchev–Trinajstić information content (AvgIpc) is 2.28. The summed E-state index contributed by atoms with van der Waals surface area (Å²) in [7, 11) is -4.41. The quantitative estimate of drug-likeness (QED) is 0.620. The number of amides is 1. The summed E-state index contributed by atoms with van der Waals surface area (Å²) < 4.78 is 30.9. The molecular weight excluding hydrogens is 254 g/mol. The highest BCUT2D eigenvalue weighted by Crippen LogP contribution is 2.35. The maximum absolute atomic E-state index is 11.6. The average molecular weight is 269 g/mol. The van der Waals surface area contributed by atoms with Crippen molar-refractivity contribution in [2.75, 3.05) is 0 Å². The molecule has 0 spiro atoms. The molecule has 0 aliphatic rings. The third kappa shape index (κ3) is 2.77. The fourth-order valence-corrected chi connectivity index (χ4v) is 2.42. The molecule has 0 aliphatic carbocycles. The van der Waals surface area contributed by atoms with Gasteiger partial charge in [0.1, 0.15) is 4.75 Å². The number of carbonyl (C=O) groups is 1. The normalized spacial score (nSPS) is 14.8. The highest BCUT2D eigenvalue weighted by Gasteiger charge is 2.40. The summed E-state index contributed by atoms with van der Waals surface area (Å²) in [5, 5.41) is 0. The van der Waals surface area contributed by atoms with Crippen LogP contribution in [0.25, 0.3) is 0 Å². The molecule has 0 aromatic heterocycles. The Morgan fingerprint density at radius 1 is 1.39 bits per heavy atom. The molecule has 1 rings (SSSR count). The Kier molecular flexibility index (Phi) is 3.93. The minimum Gasteiger partial charge on any atom is -0.366 e. The van der Waals surface area contributed by atoms with Gasteiger partial charge in [-0.05, 0) is 12.5 Å². The lowest BCUT2D eigenvalue weighted by molar-refractivity contribution is -0.114. The summed E-state index contributed by atoms with van der Waals surface area (Å²) >= 11 is 0. The molecule has 1 amide bonds. The third-order valence-electron chi connectivity index (χ3n) is 2.85. The van der Waals surface area contributed by atoms with Gasteiger partial charge in [0.25, 0.3) is 10.1 Å². The van der Waals surface area contributed by atoms with E-state index in [-0.39, 0.29) is 12.0 Å². The largest absolute Gasteiger partial charge is 0.366 e. The highest BCUT2D eigenvalue weighted by molar-refractivity contribution is 7.86. The van der Waals surface area contributed by atoms with Crippen molar-refractivity contribution in [2.24, 2.45) is 5.73 Å². The van der Waals surface area contributed by atoms with E-state index in [1.807, 2.05) is 0 Å². The summed E-state index contributed by atoms with van der Waals surface area (Å²) in [6.45, 7) is 4.75. The van der Waals surface area contributed by atoms with Gasteiger partial charge in [0.05, 0.1) is 0 Å².